The van der Waals surface area contributed by atoms with Gasteiger partial charge in [-0.1, -0.05) is 26.0 Å². The van der Waals surface area contributed by atoms with E-state index in [-0.39, 0.29) is 35.8 Å². The van der Waals surface area contributed by atoms with E-state index in [2.05, 4.69) is 20.9 Å². The molecule has 0 fully saturated rings. The minimum atomic E-state index is -0.0164. The maximum atomic E-state index is 12.1. The molecule has 0 aromatic heterocycles. The van der Waals surface area contributed by atoms with Crippen LogP contribution in [0.4, 0.5) is 11.4 Å². The van der Waals surface area contributed by atoms with Gasteiger partial charge in [-0.3, -0.25) is 4.79 Å². The highest BCUT2D eigenvalue weighted by atomic mass is 127. The van der Waals surface area contributed by atoms with Crippen molar-refractivity contribution in [1.82, 2.24) is 5.32 Å². The van der Waals surface area contributed by atoms with E-state index in [1.165, 1.54) is 0 Å². The van der Waals surface area contributed by atoms with Gasteiger partial charge in [-0.25, -0.2) is 4.99 Å². The van der Waals surface area contributed by atoms with Crippen LogP contribution in [0, 0.1) is 5.92 Å². The predicted molar refractivity (Wildman–Crippen MR) is 143 cm³/mol. The van der Waals surface area contributed by atoms with E-state index in [9.17, 15) is 4.79 Å². The maximum Gasteiger partial charge on any atom is 0.227 e. The standard InChI is InChI=1S/C24H34N4O3.HI/c1-6-17(4)23(29)27-19-11-9-10-18(14-19)16-26-24(25-7-2)28-20-12-13-21(31-8-3)22(15-20)30-5;/h9-15,17H,6-8,16H2,1-5H3,(H,27,29)(H2,25,26,28);1H. The number of guanidine groups is 1. The molecule has 0 radical (unpaired) electrons. The third-order valence-corrected chi connectivity index (χ3v) is 4.74. The molecule has 2 aromatic carbocycles. The van der Waals surface area contributed by atoms with Crippen LogP contribution >= 0.6 is 24.0 Å². The van der Waals surface area contributed by atoms with Crippen LogP contribution in [0.3, 0.4) is 0 Å². The molecule has 0 aliphatic carbocycles. The van der Waals surface area contributed by atoms with Crippen molar-refractivity contribution in [3.63, 3.8) is 0 Å². The molecule has 1 atom stereocenters. The van der Waals surface area contributed by atoms with Gasteiger partial charge in [-0.05, 0) is 50.1 Å². The van der Waals surface area contributed by atoms with E-state index >= 15 is 0 Å². The lowest BCUT2D eigenvalue weighted by atomic mass is 10.1. The molecule has 3 N–H and O–H groups in total. The number of hydrogen-bond acceptors (Lipinski definition) is 4. The molecule has 7 nitrogen and oxygen atoms in total. The van der Waals surface area contributed by atoms with Crippen molar-refractivity contribution in [2.24, 2.45) is 10.9 Å². The zero-order chi connectivity index (χ0) is 22.6. The third kappa shape index (κ3) is 8.57. The molecule has 32 heavy (non-hydrogen) atoms. The summed E-state index contributed by atoms with van der Waals surface area (Å²) in [5, 5.41) is 9.51. The first kappa shape index (κ1) is 27.5. The van der Waals surface area contributed by atoms with Crippen LogP contribution < -0.4 is 25.4 Å². The Balaban J connectivity index is 0.00000512. The molecule has 0 aliphatic rings. The number of nitrogens with zero attached hydrogens (tertiary/aromatic N) is 1. The summed E-state index contributed by atoms with van der Waals surface area (Å²) < 4.78 is 11.0. The zero-order valence-corrected chi connectivity index (χ0v) is 21.9. The highest BCUT2D eigenvalue weighted by Crippen LogP contribution is 2.30. The number of carbonyl (C=O) groups excluding carboxylic acids is 1. The van der Waals surface area contributed by atoms with Crippen LogP contribution in [0.25, 0.3) is 0 Å². The molecule has 0 spiro atoms. The number of aliphatic imine (C=N–C) groups is 1. The smallest absolute Gasteiger partial charge is 0.227 e. The molecule has 0 heterocycles. The van der Waals surface area contributed by atoms with Gasteiger partial charge < -0.3 is 25.4 Å². The van der Waals surface area contributed by atoms with Crippen molar-refractivity contribution in [3.05, 3.63) is 48.0 Å². The van der Waals surface area contributed by atoms with Gasteiger partial charge in [0.2, 0.25) is 5.91 Å². The van der Waals surface area contributed by atoms with E-state index in [0.717, 1.165) is 29.9 Å². The van der Waals surface area contributed by atoms with Crippen LogP contribution in [0.1, 0.15) is 39.7 Å². The highest BCUT2D eigenvalue weighted by Gasteiger charge is 2.11. The summed E-state index contributed by atoms with van der Waals surface area (Å²) in [6.45, 7) is 9.65. The molecule has 2 rings (SSSR count). The minimum Gasteiger partial charge on any atom is -0.493 e. The fourth-order valence-electron chi connectivity index (χ4n) is 2.83. The van der Waals surface area contributed by atoms with E-state index < -0.39 is 0 Å². The van der Waals surface area contributed by atoms with Crippen LogP contribution in [0.2, 0.25) is 0 Å². The van der Waals surface area contributed by atoms with Gasteiger partial charge in [0.1, 0.15) is 0 Å². The Kier molecular flexibility index (Phi) is 12.5. The number of ether oxygens (including phenoxy) is 2. The molecule has 0 saturated heterocycles. The highest BCUT2D eigenvalue weighted by molar-refractivity contribution is 14.0. The van der Waals surface area contributed by atoms with Crippen molar-refractivity contribution in [1.29, 1.82) is 0 Å². The number of benzene rings is 2. The summed E-state index contributed by atoms with van der Waals surface area (Å²) in [4.78, 5) is 16.8. The summed E-state index contributed by atoms with van der Waals surface area (Å²) >= 11 is 0. The quantitative estimate of drug-likeness (QED) is 0.212. The van der Waals surface area contributed by atoms with Gasteiger partial charge in [0, 0.05) is 29.9 Å². The number of anilines is 2. The number of nitrogens with one attached hydrogen (secondary N) is 3. The van der Waals surface area contributed by atoms with Crippen molar-refractivity contribution < 1.29 is 14.3 Å². The van der Waals surface area contributed by atoms with Gasteiger partial charge >= 0.3 is 0 Å². The van der Waals surface area contributed by atoms with Crippen molar-refractivity contribution in [2.75, 3.05) is 30.9 Å². The van der Waals surface area contributed by atoms with Crippen molar-refractivity contribution in [2.45, 2.75) is 40.7 Å². The molecule has 0 saturated carbocycles. The minimum absolute atomic E-state index is 0. The first-order chi connectivity index (χ1) is 15.0. The average Bonchev–Trinajstić information content (AvgIpc) is 2.78. The van der Waals surface area contributed by atoms with E-state index in [0.29, 0.717) is 30.6 Å². The topological polar surface area (TPSA) is 84.0 Å². The van der Waals surface area contributed by atoms with Gasteiger partial charge in [-0.2, -0.15) is 0 Å². The first-order valence-electron chi connectivity index (χ1n) is 10.8. The van der Waals surface area contributed by atoms with Crippen LogP contribution in [0.5, 0.6) is 11.5 Å². The number of methoxy groups -OCH3 is 1. The Hall–Kier alpha value is -2.49. The number of carbonyl (C=O) groups is 1. The fraction of sp³-hybridized carbons (Fsp3) is 0.417. The number of halogens is 1. The van der Waals surface area contributed by atoms with E-state index in [1.54, 1.807) is 7.11 Å². The Labute approximate surface area is 208 Å². The van der Waals surface area contributed by atoms with Crippen LogP contribution in [0.15, 0.2) is 47.5 Å². The number of amides is 1. The molecule has 8 heteroatoms. The maximum absolute atomic E-state index is 12.1. The Bertz CT molecular complexity index is 889. The van der Waals surface area contributed by atoms with E-state index in [1.807, 2.05) is 70.2 Å². The van der Waals surface area contributed by atoms with Gasteiger partial charge in [0.25, 0.3) is 0 Å². The Morgan fingerprint density at radius 3 is 2.44 bits per heavy atom. The van der Waals surface area contributed by atoms with Crippen molar-refractivity contribution >= 4 is 47.2 Å². The summed E-state index contributed by atoms with van der Waals surface area (Å²) in [6.07, 6.45) is 0.809. The number of rotatable bonds is 10. The summed E-state index contributed by atoms with van der Waals surface area (Å²) in [6, 6.07) is 13.4. The van der Waals surface area contributed by atoms with Gasteiger partial charge in [0.15, 0.2) is 17.5 Å². The molecule has 2 aromatic rings. The average molecular weight is 554 g/mol. The fourth-order valence-corrected chi connectivity index (χ4v) is 2.83. The molecule has 176 valence electrons. The van der Waals surface area contributed by atoms with E-state index in [4.69, 9.17) is 9.47 Å². The van der Waals surface area contributed by atoms with Crippen molar-refractivity contribution in [3.8, 4) is 11.5 Å². The summed E-state index contributed by atoms with van der Waals surface area (Å²) in [5.41, 5.74) is 2.63. The third-order valence-electron chi connectivity index (χ3n) is 4.74. The lowest BCUT2D eigenvalue weighted by molar-refractivity contribution is -0.119. The normalized spacial score (nSPS) is 11.7. The predicted octanol–water partition coefficient (Wildman–Crippen LogP) is 5.27. The SMILES string of the molecule is CCNC(=NCc1cccc(NC(=O)C(C)CC)c1)Nc1ccc(OCC)c(OC)c1.I. The molecule has 0 aliphatic heterocycles. The molecular weight excluding hydrogens is 519 g/mol. The molecular formula is C24H35IN4O3. The molecule has 1 amide bonds. The zero-order valence-electron chi connectivity index (χ0n) is 19.5. The second kappa shape index (κ2) is 14.5. The monoisotopic (exact) mass is 554 g/mol. The second-order valence-electron chi connectivity index (χ2n) is 7.12. The lowest BCUT2D eigenvalue weighted by Crippen LogP contribution is -2.30. The summed E-state index contributed by atoms with van der Waals surface area (Å²) in [5.74, 6) is 2.03. The molecule has 1 unspecified atom stereocenters. The Morgan fingerprint density at radius 1 is 1.03 bits per heavy atom. The van der Waals surface area contributed by atoms with Gasteiger partial charge in [-0.15, -0.1) is 24.0 Å². The number of hydrogen-bond donors (Lipinski definition) is 3. The molecule has 0 bridgehead atoms. The Morgan fingerprint density at radius 2 is 1.78 bits per heavy atom. The van der Waals surface area contributed by atoms with Crippen LogP contribution in [-0.2, 0) is 11.3 Å². The lowest BCUT2D eigenvalue weighted by Gasteiger charge is -2.14. The second-order valence-corrected chi connectivity index (χ2v) is 7.12. The largest absolute Gasteiger partial charge is 0.493 e. The van der Waals surface area contributed by atoms with Gasteiger partial charge in [0.05, 0.1) is 20.3 Å². The summed E-state index contributed by atoms with van der Waals surface area (Å²) in [7, 11) is 1.62. The van der Waals surface area contributed by atoms with Crippen LogP contribution in [-0.4, -0.2) is 32.1 Å². The first-order valence-corrected chi connectivity index (χ1v) is 10.8.